The number of carboxylic acids is 1. The second-order valence-electron chi connectivity index (χ2n) is 8.31. The summed E-state index contributed by atoms with van der Waals surface area (Å²) in [5, 5.41) is 8.71. The lowest BCUT2D eigenvalue weighted by Crippen LogP contribution is -2.09. The molecule has 1 aromatic heterocycles. The molecule has 34 heavy (non-hydrogen) atoms. The molecule has 0 aliphatic rings. The van der Waals surface area contributed by atoms with Gasteiger partial charge in [0.15, 0.2) is 0 Å². The van der Waals surface area contributed by atoms with E-state index >= 15 is 0 Å². The average Bonchev–Trinajstić information content (AvgIpc) is 3.19. The van der Waals surface area contributed by atoms with E-state index in [1.807, 2.05) is 41.8 Å². The van der Waals surface area contributed by atoms with Crippen molar-refractivity contribution in [1.82, 2.24) is 9.55 Å². The van der Waals surface area contributed by atoms with E-state index in [-0.39, 0.29) is 6.42 Å². The largest absolute Gasteiger partial charge is 0.481 e. The Bertz CT molecular complexity index is 1200. The van der Waals surface area contributed by atoms with Crippen LogP contribution in [-0.2, 0) is 14.8 Å². The first-order valence-electron chi connectivity index (χ1n) is 11.3. The number of hydrogen-bond acceptors (Lipinski definition) is 5. The number of aryl methyl sites for hydroxylation is 1. The fraction of sp³-hybridized carbons (Fsp3) is 0.360. The maximum atomic E-state index is 11.7. The van der Waals surface area contributed by atoms with Crippen molar-refractivity contribution in [2.45, 2.75) is 45.4 Å². The number of unbranched alkanes of at least 4 members (excludes halogenated alkanes) is 4. The van der Waals surface area contributed by atoms with Gasteiger partial charge in [-0.15, -0.1) is 0 Å². The Labute approximate surface area is 200 Å². The van der Waals surface area contributed by atoms with Gasteiger partial charge in [-0.1, -0.05) is 49.1 Å². The van der Waals surface area contributed by atoms with Crippen LogP contribution < -0.4 is 9.46 Å². The molecule has 0 fully saturated rings. The number of anilines is 1. The standard InChI is InChI=1S/C25H31N3O5S/c1-19-12-14-22(15-13-19)28-23(20-9-8-10-21(17-20)27-34(2,31)32)18-26-25(28)33-16-7-5-3-4-6-11-24(29)30/h8-10,12-15,17-18,27H,3-7,11,16H2,1-2H3,(H,29,30). The minimum Gasteiger partial charge on any atom is -0.481 e. The highest BCUT2D eigenvalue weighted by molar-refractivity contribution is 7.92. The van der Waals surface area contributed by atoms with Crippen LogP contribution in [0.15, 0.2) is 54.7 Å². The molecule has 0 spiro atoms. The lowest BCUT2D eigenvalue weighted by molar-refractivity contribution is -0.137. The van der Waals surface area contributed by atoms with Crippen LogP contribution in [-0.4, -0.2) is 41.9 Å². The van der Waals surface area contributed by atoms with Crippen LogP contribution >= 0.6 is 0 Å². The van der Waals surface area contributed by atoms with E-state index in [4.69, 9.17) is 9.84 Å². The minimum absolute atomic E-state index is 0.216. The van der Waals surface area contributed by atoms with Gasteiger partial charge in [0.25, 0.3) is 0 Å². The molecule has 0 saturated carbocycles. The smallest absolute Gasteiger partial charge is 0.303 e. The normalized spacial score (nSPS) is 11.4. The second kappa shape index (κ2) is 11.7. The van der Waals surface area contributed by atoms with Crippen molar-refractivity contribution >= 4 is 21.7 Å². The Morgan fingerprint density at radius 3 is 2.47 bits per heavy atom. The van der Waals surface area contributed by atoms with Gasteiger partial charge in [-0.25, -0.2) is 13.4 Å². The van der Waals surface area contributed by atoms with Gasteiger partial charge >= 0.3 is 12.0 Å². The SMILES string of the molecule is Cc1ccc(-n2c(-c3cccc(NS(C)(=O)=O)c3)cnc2OCCCCCCCC(=O)O)cc1. The highest BCUT2D eigenvalue weighted by atomic mass is 32.2. The lowest BCUT2D eigenvalue weighted by Gasteiger charge is -2.14. The predicted molar refractivity (Wildman–Crippen MR) is 133 cm³/mol. The summed E-state index contributed by atoms with van der Waals surface area (Å²) in [4.78, 5) is 15.1. The maximum Gasteiger partial charge on any atom is 0.303 e. The summed E-state index contributed by atoms with van der Waals surface area (Å²) < 4.78 is 33.8. The number of sulfonamides is 1. The fourth-order valence-electron chi connectivity index (χ4n) is 3.61. The van der Waals surface area contributed by atoms with Crippen LogP contribution in [0.2, 0.25) is 0 Å². The average molecular weight is 486 g/mol. The van der Waals surface area contributed by atoms with Crippen molar-refractivity contribution in [2.75, 3.05) is 17.6 Å². The molecule has 0 bridgehead atoms. The van der Waals surface area contributed by atoms with Gasteiger partial charge in [0.05, 0.1) is 30.4 Å². The summed E-state index contributed by atoms with van der Waals surface area (Å²) in [7, 11) is -3.39. The molecule has 0 atom stereocenters. The Kier molecular flexibility index (Phi) is 8.70. The molecule has 0 radical (unpaired) electrons. The molecular formula is C25H31N3O5S. The summed E-state index contributed by atoms with van der Waals surface area (Å²) in [6.45, 7) is 2.52. The van der Waals surface area contributed by atoms with Crippen LogP contribution in [0.4, 0.5) is 5.69 Å². The van der Waals surface area contributed by atoms with Crippen molar-refractivity contribution in [3.8, 4) is 23.0 Å². The third kappa shape index (κ3) is 7.62. The molecule has 3 rings (SSSR count). The number of aromatic nitrogens is 2. The van der Waals surface area contributed by atoms with Gasteiger partial charge in [-0.3, -0.25) is 14.1 Å². The molecule has 9 heteroatoms. The number of carbonyl (C=O) groups is 1. The minimum atomic E-state index is -3.39. The Morgan fingerprint density at radius 1 is 1.06 bits per heavy atom. The molecule has 8 nitrogen and oxygen atoms in total. The first-order chi connectivity index (χ1) is 16.2. The van der Waals surface area contributed by atoms with Gasteiger partial charge in [-0.05, 0) is 44.0 Å². The molecule has 2 N–H and O–H groups in total. The second-order valence-corrected chi connectivity index (χ2v) is 10.1. The molecule has 0 saturated heterocycles. The number of ether oxygens (including phenoxy) is 1. The van der Waals surface area contributed by atoms with Crippen LogP contribution in [0.1, 0.15) is 44.1 Å². The van der Waals surface area contributed by atoms with Gasteiger partial charge < -0.3 is 9.84 Å². The molecule has 1 heterocycles. The van der Waals surface area contributed by atoms with Crippen LogP contribution in [0.3, 0.4) is 0 Å². The van der Waals surface area contributed by atoms with E-state index in [9.17, 15) is 13.2 Å². The molecule has 0 aliphatic heterocycles. The maximum absolute atomic E-state index is 11.7. The van der Waals surface area contributed by atoms with Crippen molar-refractivity contribution < 1.29 is 23.1 Å². The number of nitrogens with zero attached hydrogens (tertiary/aromatic N) is 2. The first-order valence-corrected chi connectivity index (χ1v) is 13.2. The van der Waals surface area contributed by atoms with E-state index < -0.39 is 16.0 Å². The number of benzene rings is 2. The Balaban J connectivity index is 1.76. The molecule has 182 valence electrons. The van der Waals surface area contributed by atoms with E-state index in [1.165, 1.54) is 0 Å². The fourth-order valence-corrected chi connectivity index (χ4v) is 4.17. The number of carboxylic acid groups (broad SMARTS) is 1. The van der Waals surface area contributed by atoms with Gasteiger partial charge in [0.2, 0.25) is 10.0 Å². The highest BCUT2D eigenvalue weighted by Crippen LogP contribution is 2.30. The summed E-state index contributed by atoms with van der Waals surface area (Å²) >= 11 is 0. The van der Waals surface area contributed by atoms with E-state index in [0.717, 1.165) is 54.4 Å². The summed E-state index contributed by atoms with van der Waals surface area (Å²) in [5.41, 5.74) is 4.08. The van der Waals surface area contributed by atoms with E-state index in [0.29, 0.717) is 24.7 Å². The number of imidazole rings is 1. The highest BCUT2D eigenvalue weighted by Gasteiger charge is 2.16. The van der Waals surface area contributed by atoms with E-state index in [1.54, 1.807) is 24.4 Å². The number of aliphatic carboxylic acids is 1. The van der Waals surface area contributed by atoms with Gasteiger partial charge in [0, 0.05) is 17.7 Å². The Hall–Kier alpha value is -3.33. The first kappa shape index (κ1) is 25.3. The third-order valence-electron chi connectivity index (χ3n) is 5.25. The molecule has 0 unspecified atom stereocenters. The Morgan fingerprint density at radius 2 is 1.76 bits per heavy atom. The molecule has 3 aromatic rings. The van der Waals surface area contributed by atoms with Crippen molar-refractivity contribution in [1.29, 1.82) is 0 Å². The quantitative estimate of drug-likeness (QED) is 0.329. The summed E-state index contributed by atoms with van der Waals surface area (Å²) in [6.07, 6.45) is 7.42. The zero-order valence-electron chi connectivity index (χ0n) is 19.5. The number of rotatable bonds is 13. The molecule has 2 aromatic carbocycles. The van der Waals surface area contributed by atoms with E-state index in [2.05, 4.69) is 9.71 Å². The van der Waals surface area contributed by atoms with Crippen molar-refractivity contribution in [3.05, 3.63) is 60.3 Å². The molecular weight excluding hydrogens is 454 g/mol. The third-order valence-corrected chi connectivity index (χ3v) is 5.86. The van der Waals surface area contributed by atoms with Gasteiger partial charge in [0.1, 0.15) is 0 Å². The van der Waals surface area contributed by atoms with Crippen LogP contribution in [0, 0.1) is 6.92 Å². The van der Waals surface area contributed by atoms with Crippen LogP contribution in [0.25, 0.3) is 16.9 Å². The van der Waals surface area contributed by atoms with Crippen LogP contribution in [0.5, 0.6) is 6.01 Å². The predicted octanol–water partition coefficient (Wildman–Crippen LogP) is 5.02. The molecule has 0 amide bonds. The van der Waals surface area contributed by atoms with Gasteiger partial charge in [-0.2, -0.15) is 0 Å². The topological polar surface area (TPSA) is 111 Å². The zero-order valence-corrected chi connectivity index (χ0v) is 20.3. The monoisotopic (exact) mass is 485 g/mol. The van der Waals surface area contributed by atoms with Crippen molar-refractivity contribution in [3.63, 3.8) is 0 Å². The van der Waals surface area contributed by atoms with Crippen molar-refractivity contribution in [2.24, 2.45) is 0 Å². The summed E-state index contributed by atoms with van der Waals surface area (Å²) in [5.74, 6) is -0.750. The lowest BCUT2D eigenvalue weighted by atomic mass is 10.1. The summed E-state index contributed by atoms with van der Waals surface area (Å²) in [6, 6.07) is 15.6. The number of hydrogen-bond donors (Lipinski definition) is 2. The zero-order chi connectivity index (χ0) is 24.6. The molecule has 0 aliphatic carbocycles. The number of nitrogens with one attached hydrogen (secondary N) is 1.